The lowest BCUT2D eigenvalue weighted by Gasteiger charge is -2.10. The molecule has 1 nitrogen and oxygen atoms in total. The van der Waals surface area contributed by atoms with Gasteiger partial charge in [0.15, 0.2) is 0 Å². The van der Waals surface area contributed by atoms with Crippen LogP contribution in [0.25, 0.3) is 0 Å². The molecule has 0 atom stereocenters. The van der Waals surface area contributed by atoms with Crippen molar-refractivity contribution in [2.75, 3.05) is 0 Å². The van der Waals surface area contributed by atoms with Crippen LogP contribution in [0.3, 0.4) is 0 Å². The van der Waals surface area contributed by atoms with Gasteiger partial charge in [0.05, 0.1) is 0 Å². The maximum atomic E-state index is 12.9. The lowest BCUT2D eigenvalue weighted by molar-refractivity contribution is 0.429. The molecule has 72 valence electrons. The Morgan fingerprint density at radius 3 is 2.64 bits per heavy atom. The second-order valence-corrected chi connectivity index (χ2v) is 3.15. The smallest absolute Gasteiger partial charge is 0.127 e. The number of halogens is 1. The maximum absolute atomic E-state index is 12.9. The monoisotopic (exact) mass is 190 g/mol. The molecule has 0 aromatic heterocycles. The second-order valence-electron chi connectivity index (χ2n) is 3.15. The normalized spacial score (nSPS) is 15.8. The second kappa shape index (κ2) is 4.09. The summed E-state index contributed by atoms with van der Waals surface area (Å²) in [5.41, 5.74) is 0. The Morgan fingerprint density at radius 1 is 1.14 bits per heavy atom. The maximum Gasteiger partial charge on any atom is 0.127 e. The van der Waals surface area contributed by atoms with E-state index in [1.165, 1.54) is 6.08 Å². The van der Waals surface area contributed by atoms with E-state index in [1.54, 1.807) is 0 Å². The Bertz CT molecular complexity index is 365. The Kier molecular flexibility index (Phi) is 2.63. The van der Waals surface area contributed by atoms with Crippen molar-refractivity contribution in [2.45, 2.75) is 12.8 Å². The summed E-state index contributed by atoms with van der Waals surface area (Å²) in [7, 11) is 0. The fourth-order valence-corrected chi connectivity index (χ4v) is 1.33. The van der Waals surface area contributed by atoms with E-state index in [0.717, 1.165) is 5.75 Å². The highest BCUT2D eigenvalue weighted by molar-refractivity contribution is 5.28. The van der Waals surface area contributed by atoms with Crippen LogP contribution in [0, 0.1) is 0 Å². The van der Waals surface area contributed by atoms with E-state index in [9.17, 15) is 4.39 Å². The number of hydrogen-bond acceptors (Lipinski definition) is 1. The minimum atomic E-state index is -0.113. The van der Waals surface area contributed by atoms with Crippen molar-refractivity contribution < 1.29 is 9.13 Å². The van der Waals surface area contributed by atoms with E-state index in [-0.39, 0.29) is 5.83 Å². The lowest BCUT2D eigenvalue weighted by atomic mass is 10.1. The first-order valence-corrected chi connectivity index (χ1v) is 4.64. The van der Waals surface area contributed by atoms with Gasteiger partial charge in [0.1, 0.15) is 17.3 Å². The SMILES string of the molecule is FC1=CC(Oc2ccccc2)=CCC1. The molecule has 0 fully saturated rings. The van der Waals surface area contributed by atoms with E-state index in [1.807, 2.05) is 36.4 Å². The van der Waals surface area contributed by atoms with Crippen LogP contribution < -0.4 is 4.74 Å². The summed E-state index contributed by atoms with van der Waals surface area (Å²) in [6.07, 6.45) is 4.54. The fraction of sp³-hybridized carbons (Fsp3) is 0.167. The van der Waals surface area contributed by atoms with Crippen molar-refractivity contribution in [3.8, 4) is 5.75 Å². The standard InChI is InChI=1S/C12H11FO/c13-10-5-4-8-12(9-10)14-11-6-2-1-3-7-11/h1-3,6-9H,4-5H2. The molecule has 1 aliphatic carbocycles. The molecule has 1 aromatic rings. The van der Waals surface area contributed by atoms with Crippen LogP contribution in [0.5, 0.6) is 5.75 Å². The molecule has 1 aromatic carbocycles. The van der Waals surface area contributed by atoms with Gasteiger partial charge in [-0.05, 0) is 24.6 Å². The van der Waals surface area contributed by atoms with Gasteiger partial charge < -0.3 is 4.74 Å². The van der Waals surface area contributed by atoms with Gasteiger partial charge in [0.25, 0.3) is 0 Å². The summed E-state index contributed by atoms with van der Waals surface area (Å²) >= 11 is 0. The molecular weight excluding hydrogens is 179 g/mol. The number of allylic oxidation sites excluding steroid dienone is 3. The number of ether oxygens (including phenoxy) is 1. The van der Waals surface area contributed by atoms with Crippen LogP contribution in [0.1, 0.15) is 12.8 Å². The number of benzene rings is 1. The summed E-state index contributed by atoms with van der Waals surface area (Å²) in [6, 6.07) is 9.39. The van der Waals surface area contributed by atoms with Gasteiger partial charge in [-0.25, -0.2) is 4.39 Å². The summed E-state index contributed by atoms with van der Waals surface area (Å²) in [6.45, 7) is 0. The van der Waals surface area contributed by atoms with E-state index >= 15 is 0 Å². The minimum absolute atomic E-state index is 0.113. The molecule has 0 bridgehead atoms. The van der Waals surface area contributed by atoms with E-state index in [4.69, 9.17) is 4.74 Å². The number of rotatable bonds is 2. The van der Waals surface area contributed by atoms with Crippen LogP contribution in [0.15, 0.2) is 54.1 Å². The first-order chi connectivity index (χ1) is 6.84. The lowest BCUT2D eigenvalue weighted by Crippen LogP contribution is -1.96. The third-order valence-corrected chi connectivity index (χ3v) is 2.01. The van der Waals surface area contributed by atoms with Crippen LogP contribution in [0.2, 0.25) is 0 Å². The molecule has 0 amide bonds. The Morgan fingerprint density at radius 2 is 1.93 bits per heavy atom. The van der Waals surface area contributed by atoms with Gasteiger partial charge in [-0.1, -0.05) is 18.2 Å². The molecule has 1 aliphatic rings. The zero-order chi connectivity index (χ0) is 9.80. The van der Waals surface area contributed by atoms with Gasteiger partial charge in [-0.2, -0.15) is 0 Å². The zero-order valence-electron chi connectivity index (χ0n) is 7.74. The molecule has 0 saturated heterocycles. The van der Waals surface area contributed by atoms with Crippen molar-refractivity contribution in [1.82, 2.24) is 0 Å². The molecule has 0 aliphatic heterocycles. The summed E-state index contributed by atoms with van der Waals surface area (Å²) in [4.78, 5) is 0. The Labute approximate surface area is 82.5 Å². The fourth-order valence-electron chi connectivity index (χ4n) is 1.33. The van der Waals surface area contributed by atoms with E-state index in [2.05, 4.69) is 0 Å². The minimum Gasteiger partial charge on any atom is -0.458 e. The Hall–Kier alpha value is -1.57. The van der Waals surface area contributed by atoms with Crippen molar-refractivity contribution in [3.05, 3.63) is 54.1 Å². The largest absolute Gasteiger partial charge is 0.458 e. The molecule has 0 spiro atoms. The topological polar surface area (TPSA) is 9.23 Å². The summed E-state index contributed by atoms with van der Waals surface area (Å²) in [5.74, 6) is 1.23. The predicted octanol–water partition coefficient (Wildman–Crippen LogP) is 3.60. The third-order valence-electron chi connectivity index (χ3n) is 2.01. The third kappa shape index (κ3) is 2.22. The number of hydrogen-bond donors (Lipinski definition) is 0. The quantitative estimate of drug-likeness (QED) is 0.692. The molecule has 2 rings (SSSR count). The van der Waals surface area contributed by atoms with E-state index < -0.39 is 0 Å². The average Bonchev–Trinajstić information content (AvgIpc) is 2.19. The van der Waals surface area contributed by atoms with E-state index in [0.29, 0.717) is 18.6 Å². The molecule has 0 heterocycles. The van der Waals surface area contributed by atoms with Crippen LogP contribution >= 0.6 is 0 Å². The highest BCUT2D eigenvalue weighted by Crippen LogP contribution is 2.21. The Balaban J connectivity index is 2.09. The first-order valence-electron chi connectivity index (χ1n) is 4.64. The van der Waals surface area contributed by atoms with Crippen molar-refractivity contribution in [3.63, 3.8) is 0 Å². The van der Waals surface area contributed by atoms with Crippen LogP contribution in [-0.4, -0.2) is 0 Å². The highest BCUT2D eigenvalue weighted by atomic mass is 19.1. The van der Waals surface area contributed by atoms with Crippen molar-refractivity contribution >= 4 is 0 Å². The molecule has 0 radical (unpaired) electrons. The van der Waals surface area contributed by atoms with Crippen LogP contribution in [-0.2, 0) is 0 Å². The highest BCUT2D eigenvalue weighted by Gasteiger charge is 2.05. The summed E-state index contributed by atoms with van der Waals surface area (Å²) in [5, 5.41) is 0. The average molecular weight is 190 g/mol. The summed E-state index contributed by atoms with van der Waals surface area (Å²) < 4.78 is 18.3. The van der Waals surface area contributed by atoms with Crippen molar-refractivity contribution in [2.24, 2.45) is 0 Å². The molecule has 0 N–H and O–H groups in total. The zero-order valence-corrected chi connectivity index (χ0v) is 7.74. The molecule has 0 saturated carbocycles. The van der Waals surface area contributed by atoms with Gasteiger partial charge >= 0.3 is 0 Å². The molecular formula is C12H11FO. The van der Waals surface area contributed by atoms with Gasteiger partial charge in [0, 0.05) is 12.5 Å². The predicted molar refractivity (Wildman–Crippen MR) is 53.6 cm³/mol. The first kappa shape index (κ1) is 9.00. The van der Waals surface area contributed by atoms with Gasteiger partial charge in [-0.3, -0.25) is 0 Å². The van der Waals surface area contributed by atoms with Crippen molar-refractivity contribution in [1.29, 1.82) is 0 Å². The number of para-hydroxylation sites is 1. The van der Waals surface area contributed by atoms with Gasteiger partial charge in [0.2, 0.25) is 0 Å². The molecule has 2 heteroatoms. The molecule has 0 unspecified atom stereocenters. The van der Waals surface area contributed by atoms with Crippen LogP contribution in [0.4, 0.5) is 4.39 Å². The molecule has 14 heavy (non-hydrogen) atoms. The van der Waals surface area contributed by atoms with Gasteiger partial charge in [-0.15, -0.1) is 0 Å².